The summed E-state index contributed by atoms with van der Waals surface area (Å²) in [5.41, 5.74) is 0. The predicted octanol–water partition coefficient (Wildman–Crippen LogP) is 2.45. The van der Waals surface area contributed by atoms with Crippen LogP contribution in [-0.4, -0.2) is 23.9 Å². The number of aliphatic hydroxyl groups excluding tert-OH is 1. The molecule has 0 aliphatic carbocycles. The van der Waals surface area contributed by atoms with Crippen molar-refractivity contribution in [2.45, 2.75) is 52.7 Å². The number of hydrogen-bond acceptors (Lipinski definition) is 2. The zero-order valence-electron chi connectivity index (χ0n) is 9.86. The predicted molar refractivity (Wildman–Crippen MR) is 58.1 cm³/mol. The molecular formula is C12H24O2. The molecule has 0 aromatic heterocycles. The van der Waals surface area contributed by atoms with Crippen LogP contribution in [-0.2, 0) is 4.74 Å². The van der Waals surface area contributed by atoms with E-state index in [1.165, 1.54) is 0 Å². The molecule has 1 aliphatic heterocycles. The Morgan fingerprint density at radius 1 is 1.00 bits per heavy atom. The molecule has 14 heavy (non-hydrogen) atoms. The second-order valence-electron chi connectivity index (χ2n) is 4.71. The summed E-state index contributed by atoms with van der Waals surface area (Å²) in [5, 5.41) is 8.97. The molecule has 3 unspecified atom stereocenters. The van der Waals surface area contributed by atoms with Crippen LogP contribution < -0.4 is 0 Å². The van der Waals surface area contributed by atoms with Crippen molar-refractivity contribution in [3.05, 3.63) is 0 Å². The lowest BCUT2D eigenvalue weighted by atomic mass is 9.75. The fourth-order valence-electron chi connectivity index (χ4n) is 2.55. The third-order valence-corrected chi connectivity index (χ3v) is 4.00. The van der Waals surface area contributed by atoms with Gasteiger partial charge < -0.3 is 9.84 Å². The van der Waals surface area contributed by atoms with E-state index in [0.29, 0.717) is 23.9 Å². The lowest BCUT2D eigenvalue weighted by Gasteiger charge is -2.43. The highest BCUT2D eigenvalue weighted by Gasteiger charge is 2.37. The van der Waals surface area contributed by atoms with E-state index in [0.717, 1.165) is 12.8 Å². The molecule has 5 atom stereocenters. The molecule has 0 aromatic rings. The van der Waals surface area contributed by atoms with Gasteiger partial charge in [0.2, 0.25) is 0 Å². The van der Waals surface area contributed by atoms with E-state index < -0.39 is 0 Å². The van der Waals surface area contributed by atoms with Gasteiger partial charge in [-0.25, -0.2) is 0 Å². The largest absolute Gasteiger partial charge is 0.396 e. The summed E-state index contributed by atoms with van der Waals surface area (Å²) in [5.74, 6) is 1.91. The van der Waals surface area contributed by atoms with E-state index in [-0.39, 0.29) is 12.7 Å². The molecule has 2 heteroatoms. The molecule has 1 saturated heterocycles. The Kier molecular flexibility index (Phi) is 4.39. The van der Waals surface area contributed by atoms with Gasteiger partial charge >= 0.3 is 0 Å². The smallest absolute Gasteiger partial charge is 0.0629 e. The molecule has 0 radical (unpaired) electrons. The van der Waals surface area contributed by atoms with E-state index >= 15 is 0 Å². The van der Waals surface area contributed by atoms with Gasteiger partial charge in [0.25, 0.3) is 0 Å². The monoisotopic (exact) mass is 200 g/mol. The Morgan fingerprint density at radius 3 is 2.07 bits per heavy atom. The molecule has 1 rings (SSSR count). The van der Waals surface area contributed by atoms with Crippen LogP contribution in [0.15, 0.2) is 0 Å². The zero-order chi connectivity index (χ0) is 10.7. The molecule has 1 aliphatic rings. The summed E-state index contributed by atoms with van der Waals surface area (Å²) in [4.78, 5) is 0. The van der Waals surface area contributed by atoms with Crippen LogP contribution in [0.3, 0.4) is 0 Å². The third-order valence-electron chi connectivity index (χ3n) is 4.00. The maximum atomic E-state index is 8.97. The first-order valence-corrected chi connectivity index (χ1v) is 5.88. The Balaban J connectivity index is 2.63. The van der Waals surface area contributed by atoms with E-state index in [9.17, 15) is 0 Å². The average Bonchev–Trinajstić information content (AvgIpc) is 2.19. The van der Waals surface area contributed by atoms with Crippen LogP contribution in [0.25, 0.3) is 0 Å². The molecule has 1 fully saturated rings. The van der Waals surface area contributed by atoms with E-state index in [1.807, 2.05) is 0 Å². The molecule has 1 N–H and O–H groups in total. The minimum absolute atomic E-state index is 0.243. The Labute approximate surface area is 87.7 Å². The molecule has 0 saturated carbocycles. The van der Waals surface area contributed by atoms with Gasteiger partial charge in [-0.2, -0.15) is 0 Å². The highest BCUT2D eigenvalue weighted by Crippen LogP contribution is 2.36. The highest BCUT2D eigenvalue weighted by atomic mass is 16.5. The number of rotatable bonds is 3. The summed E-state index contributed by atoms with van der Waals surface area (Å²) in [6, 6.07) is 0. The van der Waals surface area contributed by atoms with Crippen molar-refractivity contribution < 1.29 is 9.84 Å². The molecule has 0 bridgehead atoms. The van der Waals surface area contributed by atoms with Gasteiger partial charge in [0.15, 0.2) is 0 Å². The Bertz CT molecular complexity index is 166. The quantitative estimate of drug-likeness (QED) is 0.758. The summed E-state index contributed by atoms with van der Waals surface area (Å²) in [6.07, 6.45) is 2.52. The van der Waals surface area contributed by atoms with E-state index in [2.05, 4.69) is 27.7 Å². The van der Waals surface area contributed by atoms with E-state index in [1.54, 1.807) is 0 Å². The van der Waals surface area contributed by atoms with Crippen LogP contribution in [0.2, 0.25) is 0 Å². The second kappa shape index (κ2) is 5.13. The molecule has 0 aromatic carbocycles. The van der Waals surface area contributed by atoms with Crippen molar-refractivity contribution >= 4 is 0 Å². The number of ether oxygens (including phenoxy) is 1. The summed E-state index contributed by atoms with van der Waals surface area (Å²) in [6.45, 7) is 9.26. The van der Waals surface area contributed by atoms with Crippen molar-refractivity contribution in [3.8, 4) is 0 Å². The average molecular weight is 200 g/mol. The molecular weight excluding hydrogens is 176 g/mol. The van der Waals surface area contributed by atoms with Crippen LogP contribution in [0.5, 0.6) is 0 Å². The van der Waals surface area contributed by atoms with Gasteiger partial charge in [-0.05, 0) is 30.6 Å². The van der Waals surface area contributed by atoms with Crippen molar-refractivity contribution in [1.82, 2.24) is 0 Å². The fourth-order valence-corrected chi connectivity index (χ4v) is 2.55. The fraction of sp³-hybridized carbons (Fsp3) is 1.00. The lowest BCUT2D eigenvalue weighted by Crippen LogP contribution is -2.44. The molecule has 0 amide bonds. The van der Waals surface area contributed by atoms with Crippen molar-refractivity contribution in [2.75, 3.05) is 6.61 Å². The van der Waals surface area contributed by atoms with Gasteiger partial charge in [0.1, 0.15) is 0 Å². The third kappa shape index (κ3) is 2.29. The summed E-state index contributed by atoms with van der Waals surface area (Å²) in [7, 11) is 0. The lowest BCUT2D eigenvalue weighted by molar-refractivity contribution is -0.139. The maximum Gasteiger partial charge on any atom is 0.0629 e. The highest BCUT2D eigenvalue weighted by molar-refractivity contribution is 4.85. The van der Waals surface area contributed by atoms with Crippen LogP contribution in [0.4, 0.5) is 0 Å². The summed E-state index contributed by atoms with van der Waals surface area (Å²) >= 11 is 0. The van der Waals surface area contributed by atoms with Crippen molar-refractivity contribution in [2.24, 2.45) is 17.8 Å². The van der Waals surface area contributed by atoms with Crippen molar-refractivity contribution in [1.29, 1.82) is 0 Å². The first-order chi connectivity index (χ1) is 6.61. The molecule has 2 nitrogen and oxygen atoms in total. The van der Waals surface area contributed by atoms with Gasteiger partial charge in [0, 0.05) is 6.61 Å². The molecule has 84 valence electrons. The van der Waals surface area contributed by atoms with Crippen LogP contribution in [0.1, 0.15) is 40.5 Å². The SMILES string of the molecule is CCC1OC(CCO)C(C)[C@@H](C)[C@@H]1C. The zero-order valence-corrected chi connectivity index (χ0v) is 9.86. The molecule has 0 spiro atoms. The number of hydrogen-bond donors (Lipinski definition) is 1. The standard InChI is InChI=1S/C12H24O2/c1-5-11-9(3)8(2)10(4)12(14-11)6-7-13/h8-13H,5-7H2,1-4H3/t8-,9-,10?,11?,12?/m0/s1. The van der Waals surface area contributed by atoms with Crippen LogP contribution >= 0.6 is 0 Å². The van der Waals surface area contributed by atoms with Gasteiger partial charge in [-0.15, -0.1) is 0 Å². The maximum absolute atomic E-state index is 8.97. The van der Waals surface area contributed by atoms with Crippen molar-refractivity contribution in [3.63, 3.8) is 0 Å². The Hall–Kier alpha value is -0.0800. The van der Waals surface area contributed by atoms with E-state index in [4.69, 9.17) is 9.84 Å². The first kappa shape index (κ1) is 12.0. The first-order valence-electron chi connectivity index (χ1n) is 5.88. The van der Waals surface area contributed by atoms with Gasteiger partial charge in [-0.1, -0.05) is 27.7 Å². The van der Waals surface area contributed by atoms with Gasteiger partial charge in [0.05, 0.1) is 12.2 Å². The summed E-state index contributed by atoms with van der Waals surface area (Å²) < 4.78 is 6.01. The Morgan fingerprint density at radius 2 is 1.57 bits per heavy atom. The van der Waals surface area contributed by atoms with Gasteiger partial charge in [-0.3, -0.25) is 0 Å². The second-order valence-corrected chi connectivity index (χ2v) is 4.71. The number of aliphatic hydroxyl groups is 1. The minimum Gasteiger partial charge on any atom is -0.396 e. The minimum atomic E-state index is 0.243. The topological polar surface area (TPSA) is 29.5 Å². The normalized spacial score (nSPS) is 43.9. The molecule has 1 heterocycles. The van der Waals surface area contributed by atoms with Crippen LogP contribution in [0, 0.1) is 17.8 Å².